The van der Waals surface area contributed by atoms with Crippen LogP contribution in [0.2, 0.25) is 36.3 Å². The molecule has 1 fully saturated rings. The van der Waals surface area contributed by atoms with Crippen molar-refractivity contribution in [2.75, 3.05) is 0 Å². The predicted octanol–water partition coefficient (Wildman–Crippen LogP) is 6.87. The molecule has 9 heteroatoms. The summed E-state index contributed by atoms with van der Waals surface area (Å²) >= 11 is 0. The average molecular weight is 497 g/mol. The van der Waals surface area contributed by atoms with Gasteiger partial charge in [-0.3, -0.25) is 15.1 Å². The van der Waals surface area contributed by atoms with E-state index in [4.69, 9.17) is 13.6 Å². The summed E-state index contributed by atoms with van der Waals surface area (Å²) in [5.41, 5.74) is 0.576. The number of hydrogen-bond acceptors (Lipinski definition) is 6. The van der Waals surface area contributed by atoms with Crippen molar-refractivity contribution < 1.29 is 18.5 Å². The summed E-state index contributed by atoms with van der Waals surface area (Å²) in [5, 5.41) is 11.7. The van der Waals surface area contributed by atoms with Gasteiger partial charge in [-0.2, -0.15) is 0 Å². The molecular formula is C24H44N2O5Si2. The lowest BCUT2D eigenvalue weighted by Crippen LogP contribution is -2.59. The second-order valence-corrected chi connectivity index (χ2v) is 18.9. The molecular weight excluding hydrogens is 452 g/mol. The molecule has 1 aliphatic rings. The number of hydrogen-bond donors (Lipinski definition) is 0. The minimum atomic E-state index is -1.96. The van der Waals surface area contributed by atoms with E-state index in [1.54, 1.807) is 12.3 Å². The van der Waals surface area contributed by atoms with Crippen LogP contribution in [0.4, 0.5) is 5.69 Å². The van der Waals surface area contributed by atoms with Crippen LogP contribution in [0, 0.1) is 16.0 Å². The van der Waals surface area contributed by atoms with Crippen molar-refractivity contribution in [1.29, 1.82) is 0 Å². The Morgan fingerprint density at radius 2 is 1.42 bits per heavy atom. The fourth-order valence-corrected chi connectivity index (χ4v) is 11.1. The van der Waals surface area contributed by atoms with E-state index in [1.807, 2.05) is 6.92 Å². The maximum absolute atomic E-state index is 11.7. The third-order valence-electron chi connectivity index (χ3n) is 8.12. The molecule has 5 atom stereocenters. The molecule has 5 unspecified atom stereocenters. The summed E-state index contributed by atoms with van der Waals surface area (Å²) in [6.07, 6.45) is 1.94. The van der Waals surface area contributed by atoms with Gasteiger partial charge in [0, 0.05) is 12.1 Å². The van der Waals surface area contributed by atoms with Gasteiger partial charge in [0.25, 0.3) is 5.69 Å². The largest absolute Gasteiger partial charge is 0.411 e. The lowest BCUT2D eigenvalue weighted by Gasteiger charge is -2.50. The normalized spacial score (nSPS) is 26.4. The molecule has 0 spiro atoms. The summed E-state index contributed by atoms with van der Waals surface area (Å²) in [5.74, 6) is -0.0823. The minimum Gasteiger partial charge on any atom is -0.411 e. The highest BCUT2D eigenvalue weighted by Gasteiger charge is 2.50. The fourth-order valence-electron chi connectivity index (χ4n) is 5.23. The topological polar surface area (TPSA) is 83.7 Å². The molecule has 0 N–H and O–H groups in total. The average Bonchev–Trinajstić information content (AvgIpc) is 2.84. The molecule has 33 heavy (non-hydrogen) atoms. The van der Waals surface area contributed by atoms with E-state index in [0.29, 0.717) is 5.56 Å². The van der Waals surface area contributed by atoms with E-state index in [1.165, 1.54) is 6.20 Å². The molecule has 2 rings (SSSR count). The Kier molecular flexibility index (Phi) is 10.2. The molecule has 2 heterocycles. The molecule has 1 aliphatic heterocycles. The van der Waals surface area contributed by atoms with Gasteiger partial charge in [-0.1, -0.05) is 48.5 Å². The van der Waals surface area contributed by atoms with E-state index in [2.05, 4.69) is 53.5 Å². The molecule has 1 saturated heterocycles. The number of rotatable bonds is 12. The summed E-state index contributed by atoms with van der Waals surface area (Å²) in [7, 11) is -3.87. The molecule has 0 bridgehead atoms. The van der Waals surface area contributed by atoms with Crippen LogP contribution in [-0.4, -0.2) is 44.9 Å². The van der Waals surface area contributed by atoms with Gasteiger partial charge in [0.05, 0.1) is 34.9 Å². The zero-order valence-electron chi connectivity index (χ0n) is 21.8. The van der Waals surface area contributed by atoms with Crippen LogP contribution in [0.1, 0.15) is 67.1 Å². The Balaban J connectivity index is 2.54. The van der Waals surface area contributed by atoms with Gasteiger partial charge >= 0.3 is 0 Å². The van der Waals surface area contributed by atoms with E-state index < -0.39 is 22.7 Å². The highest BCUT2D eigenvalue weighted by Crippen LogP contribution is 2.44. The van der Waals surface area contributed by atoms with Crippen molar-refractivity contribution >= 4 is 22.3 Å². The molecule has 0 aromatic carbocycles. The summed E-state index contributed by atoms with van der Waals surface area (Å²) < 4.78 is 20.7. The first-order valence-corrected chi connectivity index (χ1v) is 17.8. The minimum absolute atomic E-state index is 0.00375. The molecule has 188 valence electrons. The first-order chi connectivity index (χ1) is 15.7. The van der Waals surface area contributed by atoms with Gasteiger partial charge in [-0.15, -0.1) is 0 Å². The van der Waals surface area contributed by atoms with E-state index in [-0.39, 0.29) is 34.8 Å². The van der Waals surface area contributed by atoms with Crippen LogP contribution >= 0.6 is 0 Å². The zero-order valence-corrected chi connectivity index (χ0v) is 23.8. The highest BCUT2D eigenvalue weighted by molar-refractivity contribution is 6.74. The Bertz CT molecular complexity index is 756. The summed E-state index contributed by atoms with van der Waals surface area (Å²) in [6, 6.07) is 8.03. The third kappa shape index (κ3) is 5.93. The Morgan fingerprint density at radius 1 is 0.939 bits per heavy atom. The monoisotopic (exact) mass is 496 g/mol. The SMILES string of the molecule is CC[Si](CC)(CC)OC1C(C)OC(c2ccncc2[N+](=O)[O-])C(C)C1O[Si](CC)(CC)CC. The maximum atomic E-state index is 11.7. The van der Waals surface area contributed by atoms with Crippen LogP contribution in [-0.2, 0) is 13.6 Å². The predicted molar refractivity (Wildman–Crippen MR) is 137 cm³/mol. The van der Waals surface area contributed by atoms with Crippen molar-refractivity contribution in [2.45, 2.75) is 116 Å². The van der Waals surface area contributed by atoms with Crippen molar-refractivity contribution in [3.05, 3.63) is 34.1 Å². The molecule has 1 aromatic heterocycles. The van der Waals surface area contributed by atoms with Crippen LogP contribution in [0.5, 0.6) is 0 Å². The Labute approximate surface area is 202 Å². The van der Waals surface area contributed by atoms with Gasteiger partial charge in [0.1, 0.15) is 6.20 Å². The van der Waals surface area contributed by atoms with Crippen molar-refractivity contribution in [1.82, 2.24) is 4.98 Å². The standard InChI is InChI=1S/C24H44N2O5Si2/c1-9-32(10-2,11-3)30-23-18(7)22(20-15-16-25-17-21(20)26(27)28)29-19(8)24(23)31-33(12-4,13-5)14-6/h15-19,22-24H,9-14H2,1-8H3. The smallest absolute Gasteiger partial charge is 0.293 e. The summed E-state index contributed by atoms with van der Waals surface area (Å²) in [4.78, 5) is 15.3. The molecule has 0 radical (unpaired) electrons. The molecule has 0 amide bonds. The molecule has 0 saturated carbocycles. The van der Waals surface area contributed by atoms with Gasteiger partial charge in [0.15, 0.2) is 16.6 Å². The lowest BCUT2D eigenvalue weighted by molar-refractivity contribution is -0.387. The first kappa shape index (κ1) is 28.1. The first-order valence-electron chi connectivity index (χ1n) is 12.8. The number of nitrogens with zero attached hydrogens (tertiary/aromatic N) is 2. The van der Waals surface area contributed by atoms with Crippen molar-refractivity contribution in [3.63, 3.8) is 0 Å². The van der Waals surface area contributed by atoms with Crippen LogP contribution < -0.4 is 0 Å². The van der Waals surface area contributed by atoms with Crippen LogP contribution in [0.15, 0.2) is 18.5 Å². The fraction of sp³-hybridized carbons (Fsp3) is 0.792. The lowest BCUT2D eigenvalue weighted by atomic mass is 9.85. The van der Waals surface area contributed by atoms with Crippen molar-refractivity contribution in [2.24, 2.45) is 5.92 Å². The van der Waals surface area contributed by atoms with Gasteiger partial charge in [0.2, 0.25) is 0 Å². The molecule has 0 aliphatic carbocycles. The number of ether oxygens (including phenoxy) is 1. The maximum Gasteiger partial charge on any atom is 0.293 e. The summed E-state index contributed by atoms with van der Waals surface area (Å²) in [6.45, 7) is 17.6. The van der Waals surface area contributed by atoms with Crippen LogP contribution in [0.25, 0.3) is 0 Å². The zero-order chi connectivity index (χ0) is 24.8. The Hall–Kier alpha value is -1.14. The third-order valence-corrected chi connectivity index (χ3v) is 17.4. The van der Waals surface area contributed by atoms with E-state index in [0.717, 1.165) is 36.3 Å². The van der Waals surface area contributed by atoms with E-state index >= 15 is 0 Å². The van der Waals surface area contributed by atoms with Crippen LogP contribution in [0.3, 0.4) is 0 Å². The second kappa shape index (κ2) is 12.0. The quantitative estimate of drug-likeness (QED) is 0.178. The Morgan fingerprint density at radius 3 is 1.88 bits per heavy atom. The van der Waals surface area contributed by atoms with Gasteiger partial charge in [-0.25, -0.2) is 0 Å². The van der Waals surface area contributed by atoms with Gasteiger partial charge in [-0.05, 0) is 49.3 Å². The van der Waals surface area contributed by atoms with Gasteiger partial charge < -0.3 is 13.6 Å². The molecule has 7 nitrogen and oxygen atoms in total. The number of pyridine rings is 1. The van der Waals surface area contributed by atoms with E-state index in [9.17, 15) is 10.1 Å². The second-order valence-electron chi connectivity index (χ2n) is 9.46. The van der Waals surface area contributed by atoms with Crippen molar-refractivity contribution in [3.8, 4) is 0 Å². The number of aromatic nitrogens is 1. The molecule has 1 aromatic rings. The number of nitro groups is 1. The highest BCUT2D eigenvalue weighted by atomic mass is 28.4.